The maximum absolute atomic E-state index is 10.7. The zero-order valence-electron chi connectivity index (χ0n) is 11.6. The number of rotatable bonds is 2. The molecule has 1 heterocycles. The van der Waals surface area contributed by atoms with E-state index in [0.717, 1.165) is 12.1 Å². The van der Waals surface area contributed by atoms with Crippen molar-refractivity contribution in [3.8, 4) is 0 Å². The van der Waals surface area contributed by atoms with Crippen LogP contribution in [0.15, 0.2) is 24.4 Å². The van der Waals surface area contributed by atoms with Crippen molar-refractivity contribution in [2.45, 2.75) is 46.1 Å². The van der Waals surface area contributed by atoms with Crippen molar-refractivity contribution in [3.63, 3.8) is 0 Å². The molecule has 2 saturated carbocycles. The summed E-state index contributed by atoms with van der Waals surface area (Å²) in [6, 6.07) is 6.06. The first kappa shape index (κ1) is 12.2. The summed E-state index contributed by atoms with van der Waals surface area (Å²) in [6.07, 6.45) is 5.03. The topological polar surface area (TPSA) is 33.1 Å². The molecule has 2 aliphatic carbocycles. The molecular formula is C16H23NO. The zero-order valence-corrected chi connectivity index (χ0v) is 11.6. The summed E-state index contributed by atoms with van der Waals surface area (Å²) in [5.74, 6) is 1.02. The van der Waals surface area contributed by atoms with E-state index in [1.807, 2.05) is 18.3 Å². The van der Waals surface area contributed by atoms with E-state index in [9.17, 15) is 5.11 Å². The first-order valence-corrected chi connectivity index (χ1v) is 7.05. The summed E-state index contributed by atoms with van der Waals surface area (Å²) in [5.41, 5.74) is 1.47. The Morgan fingerprint density at radius 1 is 1.33 bits per heavy atom. The molecule has 18 heavy (non-hydrogen) atoms. The monoisotopic (exact) mass is 245 g/mol. The number of pyridine rings is 1. The fourth-order valence-electron chi connectivity index (χ4n) is 4.55. The van der Waals surface area contributed by atoms with Gasteiger partial charge in [-0.25, -0.2) is 0 Å². The quantitative estimate of drug-likeness (QED) is 0.868. The normalized spacial score (nSPS) is 41.2. The summed E-state index contributed by atoms with van der Waals surface area (Å²) in [6.45, 7) is 6.95. The average molecular weight is 245 g/mol. The van der Waals surface area contributed by atoms with Crippen LogP contribution in [0.25, 0.3) is 0 Å². The Hall–Kier alpha value is -0.890. The van der Waals surface area contributed by atoms with E-state index in [1.54, 1.807) is 0 Å². The minimum atomic E-state index is -0.173. The van der Waals surface area contributed by atoms with E-state index in [2.05, 4.69) is 31.8 Å². The Balaban J connectivity index is 1.88. The summed E-state index contributed by atoms with van der Waals surface area (Å²) in [4.78, 5) is 4.42. The van der Waals surface area contributed by atoms with E-state index in [0.29, 0.717) is 11.8 Å². The van der Waals surface area contributed by atoms with Crippen LogP contribution in [0.2, 0.25) is 0 Å². The third-order valence-corrected chi connectivity index (χ3v) is 6.12. The maximum Gasteiger partial charge on any atom is 0.0633 e. The van der Waals surface area contributed by atoms with Crippen LogP contribution in [0, 0.1) is 22.7 Å². The van der Waals surface area contributed by atoms with Crippen LogP contribution in [0.4, 0.5) is 0 Å². The fraction of sp³-hybridized carbons (Fsp3) is 0.688. The van der Waals surface area contributed by atoms with Crippen molar-refractivity contribution in [3.05, 3.63) is 30.1 Å². The minimum Gasteiger partial charge on any atom is -0.392 e. The molecule has 2 heteroatoms. The van der Waals surface area contributed by atoms with Gasteiger partial charge in [-0.15, -0.1) is 0 Å². The molecule has 1 aromatic heterocycles. The predicted molar refractivity (Wildman–Crippen MR) is 72.0 cm³/mol. The van der Waals surface area contributed by atoms with Crippen molar-refractivity contribution in [2.24, 2.45) is 22.7 Å². The number of aliphatic hydroxyl groups is 1. The van der Waals surface area contributed by atoms with E-state index in [-0.39, 0.29) is 16.9 Å². The van der Waals surface area contributed by atoms with Crippen LogP contribution in [0.3, 0.4) is 0 Å². The van der Waals surface area contributed by atoms with Crippen LogP contribution >= 0.6 is 0 Å². The molecule has 0 amide bonds. The average Bonchev–Trinajstić information content (AvgIpc) is 2.65. The molecular weight excluding hydrogens is 222 g/mol. The van der Waals surface area contributed by atoms with Gasteiger partial charge in [0.1, 0.15) is 0 Å². The van der Waals surface area contributed by atoms with E-state index >= 15 is 0 Å². The number of aliphatic hydroxyl groups excluding tert-OH is 1. The van der Waals surface area contributed by atoms with Gasteiger partial charge in [-0.1, -0.05) is 26.8 Å². The lowest BCUT2D eigenvalue weighted by atomic mass is 9.70. The molecule has 98 valence electrons. The van der Waals surface area contributed by atoms with Gasteiger partial charge in [-0.2, -0.15) is 0 Å². The van der Waals surface area contributed by atoms with Crippen LogP contribution in [-0.2, 0) is 6.42 Å². The Labute approximate surface area is 109 Å². The molecule has 2 fully saturated rings. The SMILES string of the molecule is CC1(C)[C@@H]2CC[C@@]1(C)[C@@H](O)[C@H]2Cc1ccccn1. The van der Waals surface area contributed by atoms with E-state index in [4.69, 9.17) is 0 Å². The lowest BCUT2D eigenvalue weighted by Gasteiger charge is -2.37. The number of aromatic nitrogens is 1. The molecule has 0 radical (unpaired) electrons. The van der Waals surface area contributed by atoms with Crippen molar-refractivity contribution in [2.75, 3.05) is 0 Å². The second-order valence-electron chi connectivity index (χ2n) is 6.92. The van der Waals surface area contributed by atoms with Crippen LogP contribution in [0.5, 0.6) is 0 Å². The maximum atomic E-state index is 10.7. The molecule has 2 nitrogen and oxygen atoms in total. The number of hydrogen-bond donors (Lipinski definition) is 1. The van der Waals surface area contributed by atoms with Crippen molar-refractivity contribution < 1.29 is 5.11 Å². The second-order valence-corrected chi connectivity index (χ2v) is 6.92. The van der Waals surface area contributed by atoms with Crippen LogP contribution < -0.4 is 0 Å². The summed E-state index contributed by atoms with van der Waals surface area (Å²) < 4.78 is 0. The number of hydrogen-bond acceptors (Lipinski definition) is 2. The van der Waals surface area contributed by atoms with Gasteiger partial charge in [0.05, 0.1) is 6.10 Å². The first-order chi connectivity index (χ1) is 8.47. The third-order valence-electron chi connectivity index (χ3n) is 6.12. The van der Waals surface area contributed by atoms with Gasteiger partial charge in [-0.3, -0.25) is 4.98 Å². The highest BCUT2D eigenvalue weighted by atomic mass is 16.3. The molecule has 4 atom stereocenters. The molecule has 2 bridgehead atoms. The fourth-order valence-corrected chi connectivity index (χ4v) is 4.55. The molecule has 1 N–H and O–H groups in total. The molecule has 3 rings (SSSR count). The Morgan fingerprint density at radius 3 is 2.67 bits per heavy atom. The highest BCUT2D eigenvalue weighted by molar-refractivity contribution is 5.17. The molecule has 1 aromatic rings. The van der Waals surface area contributed by atoms with Crippen LogP contribution in [-0.4, -0.2) is 16.2 Å². The van der Waals surface area contributed by atoms with Gasteiger partial charge in [-0.05, 0) is 54.1 Å². The molecule has 0 aliphatic heterocycles. The van der Waals surface area contributed by atoms with Gasteiger partial charge in [0, 0.05) is 11.9 Å². The van der Waals surface area contributed by atoms with Gasteiger partial charge < -0.3 is 5.11 Å². The Morgan fingerprint density at radius 2 is 2.11 bits per heavy atom. The summed E-state index contributed by atoms with van der Waals surface area (Å²) in [5, 5.41) is 10.7. The highest BCUT2D eigenvalue weighted by Gasteiger charge is 2.65. The summed E-state index contributed by atoms with van der Waals surface area (Å²) in [7, 11) is 0. The van der Waals surface area contributed by atoms with Crippen molar-refractivity contribution >= 4 is 0 Å². The first-order valence-electron chi connectivity index (χ1n) is 7.05. The number of fused-ring (bicyclic) bond motifs is 2. The standard InChI is InChI=1S/C16H23NO/c1-15(2)13-7-8-16(15,3)14(18)12(13)10-11-6-4-5-9-17-11/h4-6,9,12-14,18H,7-8,10H2,1-3H3/t12-,13+,14-,16-/m0/s1. The second kappa shape index (κ2) is 3.80. The smallest absolute Gasteiger partial charge is 0.0633 e. The largest absolute Gasteiger partial charge is 0.392 e. The minimum absolute atomic E-state index is 0.0944. The van der Waals surface area contributed by atoms with Gasteiger partial charge >= 0.3 is 0 Å². The summed E-state index contributed by atoms with van der Waals surface area (Å²) >= 11 is 0. The molecule has 0 aromatic carbocycles. The van der Waals surface area contributed by atoms with Crippen LogP contribution in [0.1, 0.15) is 39.3 Å². The lowest BCUT2D eigenvalue weighted by Crippen LogP contribution is -2.38. The number of nitrogens with zero attached hydrogens (tertiary/aromatic N) is 1. The van der Waals surface area contributed by atoms with Gasteiger partial charge in [0.2, 0.25) is 0 Å². The third kappa shape index (κ3) is 1.41. The van der Waals surface area contributed by atoms with E-state index in [1.165, 1.54) is 12.8 Å². The van der Waals surface area contributed by atoms with Crippen molar-refractivity contribution in [1.29, 1.82) is 0 Å². The van der Waals surface area contributed by atoms with Crippen molar-refractivity contribution in [1.82, 2.24) is 4.98 Å². The molecule has 0 unspecified atom stereocenters. The highest BCUT2D eigenvalue weighted by Crippen LogP contribution is 2.67. The molecule has 0 saturated heterocycles. The van der Waals surface area contributed by atoms with Gasteiger partial charge in [0.25, 0.3) is 0 Å². The Kier molecular flexibility index (Phi) is 2.57. The Bertz CT molecular complexity index is 442. The predicted octanol–water partition coefficient (Wildman–Crippen LogP) is 3.06. The lowest BCUT2D eigenvalue weighted by molar-refractivity contribution is -0.0104. The van der Waals surface area contributed by atoms with E-state index < -0.39 is 0 Å². The zero-order chi connectivity index (χ0) is 13.0. The van der Waals surface area contributed by atoms with Gasteiger partial charge in [0.15, 0.2) is 0 Å². The molecule has 0 spiro atoms. The molecule has 2 aliphatic rings.